The minimum atomic E-state index is -0.223. The van der Waals surface area contributed by atoms with Gasteiger partial charge in [0.25, 0.3) is 0 Å². The summed E-state index contributed by atoms with van der Waals surface area (Å²) < 4.78 is 13.2. The molecule has 1 heterocycles. The van der Waals surface area contributed by atoms with Gasteiger partial charge in [-0.2, -0.15) is 5.10 Å². The second kappa shape index (κ2) is 5.89. The second-order valence-electron chi connectivity index (χ2n) is 5.75. The number of nitrogens with zero attached hydrogens (tertiary/aromatic N) is 2. The second-order valence-corrected chi connectivity index (χ2v) is 5.75. The molecular weight excluding hydrogens is 277 g/mol. The number of rotatable bonds is 3. The standard InChI is InChI=1S/C18H20FN3/c1-12-3-8-17(9-13(12)2)22-18(10-16(11-20)21-22)14-4-6-15(19)7-5-14/h3-9,18H,10-11,20H2,1-2H3. The van der Waals surface area contributed by atoms with Gasteiger partial charge in [-0.1, -0.05) is 18.2 Å². The molecule has 0 fully saturated rings. The average molecular weight is 297 g/mol. The van der Waals surface area contributed by atoms with Crippen molar-refractivity contribution in [1.82, 2.24) is 0 Å². The molecule has 0 radical (unpaired) electrons. The number of hydrogen-bond donors (Lipinski definition) is 1. The number of aryl methyl sites for hydroxylation is 2. The van der Waals surface area contributed by atoms with Gasteiger partial charge < -0.3 is 5.73 Å². The first-order valence-corrected chi connectivity index (χ1v) is 7.47. The van der Waals surface area contributed by atoms with Crippen LogP contribution in [0.15, 0.2) is 47.6 Å². The summed E-state index contributed by atoms with van der Waals surface area (Å²) >= 11 is 0. The third-order valence-electron chi connectivity index (χ3n) is 4.22. The van der Waals surface area contributed by atoms with Crippen LogP contribution in [0.2, 0.25) is 0 Å². The minimum Gasteiger partial charge on any atom is -0.325 e. The van der Waals surface area contributed by atoms with Gasteiger partial charge in [-0.3, -0.25) is 5.01 Å². The van der Waals surface area contributed by atoms with Gasteiger partial charge in [0.1, 0.15) is 5.82 Å². The van der Waals surface area contributed by atoms with Crippen LogP contribution < -0.4 is 10.7 Å². The van der Waals surface area contributed by atoms with Gasteiger partial charge in [-0.25, -0.2) is 4.39 Å². The fourth-order valence-corrected chi connectivity index (χ4v) is 2.75. The SMILES string of the molecule is Cc1ccc(N2N=C(CN)CC2c2ccc(F)cc2)cc1C. The lowest BCUT2D eigenvalue weighted by atomic mass is 10.0. The number of halogens is 1. The zero-order valence-corrected chi connectivity index (χ0v) is 12.9. The first-order valence-electron chi connectivity index (χ1n) is 7.47. The Morgan fingerprint density at radius 1 is 1.14 bits per heavy atom. The van der Waals surface area contributed by atoms with Crippen molar-refractivity contribution in [2.45, 2.75) is 26.3 Å². The quantitative estimate of drug-likeness (QED) is 0.938. The van der Waals surface area contributed by atoms with E-state index in [1.807, 2.05) is 17.1 Å². The van der Waals surface area contributed by atoms with Crippen LogP contribution in [0.5, 0.6) is 0 Å². The van der Waals surface area contributed by atoms with E-state index in [4.69, 9.17) is 5.73 Å². The van der Waals surface area contributed by atoms with Crippen LogP contribution in [0.3, 0.4) is 0 Å². The van der Waals surface area contributed by atoms with Crippen LogP contribution in [-0.4, -0.2) is 12.3 Å². The Balaban J connectivity index is 1.98. The molecule has 2 aromatic carbocycles. The predicted molar refractivity (Wildman–Crippen MR) is 88.6 cm³/mol. The number of hydrogen-bond acceptors (Lipinski definition) is 3. The van der Waals surface area contributed by atoms with E-state index in [1.54, 1.807) is 0 Å². The van der Waals surface area contributed by atoms with E-state index in [-0.39, 0.29) is 11.9 Å². The fourth-order valence-electron chi connectivity index (χ4n) is 2.75. The molecule has 0 spiro atoms. The normalized spacial score (nSPS) is 17.7. The molecule has 0 aliphatic carbocycles. The predicted octanol–water partition coefficient (Wildman–Crippen LogP) is 3.71. The summed E-state index contributed by atoms with van der Waals surface area (Å²) in [7, 11) is 0. The monoisotopic (exact) mass is 297 g/mol. The third kappa shape index (κ3) is 2.74. The minimum absolute atomic E-state index is 0.0706. The summed E-state index contributed by atoms with van der Waals surface area (Å²) in [4.78, 5) is 0. The van der Waals surface area contributed by atoms with E-state index in [9.17, 15) is 4.39 Å². The Labute approximate surface area is 130 Å². The molecule has 0 aromatic heterocycles. The lowest BCUT2D eigenvalue weighted by Crippen LogP contribution is -2.18. The summed E-state index contributed by atoms with van der Waals surface area (Å²) in [5.74, 6) is -0.223. The van der Waals surface area contributed by atoms with Gasteiger partial charge in [0.05, 0.1) is 17.4 Å². The molecule has 0 saturated carbocycles. The van der Waals surface area contributed by atoms with Crippen molar-refractivity contribution in [3.63, 3.8) is 0 Å². The zero-order chi connectivity index (χ0) is 15.7. The Hall–Kier alpha value is -2.20. The molecule has 2 N–H and O–H groups in total. The van der Waals surface area contributed by atoms with Crippen LogP contribution in [-0.2, 0) is 0 Å². The van der Waals surface area contributed by atoms with Crippen LogP contribution in [0.25, 0.3) is 0 Å². The van der Waals surface area contributed by atoms with Crippen LogP contribution in [0.4, 0.5) is 10.1 Å². The summed E-state index contributed by atoms with van der Waals surface area (Å²) in [6.07, 6.45) is 0.773. The van der Waals surface area contributed by atoms with Crippen molar-refractivity contribution in [3.8, 4) is 0 Å². The zero-order valence-electron chi connectivity index (χ0n) is 12.9. The molecule has 4 heteroatoms. The van der Waals surface area contributed by atoms with Gasteiger partial charge in [0.2, 0.25) is 0 Å². The maximum atomic E-state index is 13.2. The van der Waals surface area contributed by atoms with E-state index >= 15 is 0 Å². The molecule has 0 amide bonds. The molecule has 3 rings (SSSR count). The van der Waals surface area contributed by atoms with Crippen molar-refractivity contribution in [3.05, 3.63) is 65.0 Å². The molecule has 1 aliphatic rings. The Kier molecular flexibility index (Phi) is 3.94. The van der Waals surface area contributed by atoms with Gasteiger partial charge >= 0.3 is 0 Å². The van der Waals surface area contributed by atoms with Crippen LogP contribution in [0, 0.1) is 19.7 Å². The Morgan fingerprint density at radius 2 is 1.86 bits per heavy atom. The largest absolute Gasteiger partial charge is 0.325 e. The Bertz CT molecular complexity index is 707. The van der Waals surface area contributed by atoms with E-state index in [1.165, 1.54) is 23.3 Å². The summed E-state index contributed by atoms with van der Waals surface area (Å²) in [6.45, 7) is 4.63. The summed E-state index contributed by atoms with van der Waals surface area (Å²) in [5, 5.41) is 6.66. The number of nitrogens with two attached hydrogens (primary N) is 1. The highest BCUT2D eigenvalue weighted by atomic mass is 19.1. The third-order valence-corrected chi connectivity index (χ3v) is 4.22. The number of hydrazone groups is 1. The molecule has 0 saturated heterocycles. The lowest BCUT2D eigenvalue weighted by Gasteiger charge is -2.24. The lowest BCUT2D eigenvalue weighted by molar-refractivity contribution is 0.624. The highest BCUT2D eigenvalue weighted by Gasteiger charge is 2.28. The van der Waals surface area contributed by atoms with E-state index in [0.717, 1.165) is 23.4 Å². The van der Waals surface area contributed by atoms with Crippen molar-refractivity contribution < 1.29 is 4.39 Å². The van der Waals surface area contributed by atoms with Crippen molar-refractivity contribution in [2.24, 2.45) is 10.8 Å². The van der Waals surface area contributed by atoms with Gasteiger partial charge in [-0.05, 0) is 54.8 Å². The van der Waals surface area contributed by atoms with E-state index in [0.29, 0.717) is 6.54 Å². The molecule has 1 aliphatic heterocycles. The Morgan fingerprint density at radius 3 is 2.50 bits per heavy atom. The molecular formula is C18H20FN3. The van der Waals surface area contributed by atoms with Crippen molar-refractivity contribution in [2.75, 3.05) is 11.6 Å². The number of benzene rings is 2. The van der Waals surface area contributed by atoms with Crippen LogP contribution >= 0.6 is 0 Å². The maximum absolute atomic E-state index is 13.2. The molecule has 114 valence electrons. The molecule has 0 bridgehead atoms. The summed E-state index contributed by atoms with van der Waals surface area (Å²) in [5.41, 5.74) is 11.3. The first kappa shape index (κ1) is 14.7. The average Bonchev–Trinajstić information content (AvgIpc) is 2.95. The highest BCUT2D eigenvalue weighted by Crippen LogP contribution is 2.35. The molecule has 1 atom stereocenters. The number of anilines is 1. The van der Waals surface area contributed by atoms with Gasteiger partial charge in [0, 0.05) is 13.0 Å². The molecule has 2 aromatic rings. The highest BCUT2D eigenvalue weighted by molar-refractivity contribution is 5.90. The molecule has 1 unspecified atom stereocenters. The van der Waals surface area contributed by atoms with E-state index in [2.05, 4.69) is 37.1 Å². The van der Waals surface area contributed by atoms with Crippen LogP contribution in [0.1, 0.15) is 29.2 Å². The summed E-state index contributed by atoms with van der Waals surface area (Å²) in [6, 6.07) is 13.0. The topological polar surface area (TPSA) is 41.6 Å². The van der Waals surface area contributed by atoms with Crippen molar-refractivity contribution in [1.29, 1.82) is 0 Å². The van der Waals surface area contributed by atoms with E-state index < -0.39 is 0 Å². The molecule has 3 nitrogen and oxygen atoms in total. The molecule has 22 heavy (non-hydrogen) atoms. The van der Waals surface area contributed by atoms with Crippen molar-refractivity contribution >= 4 is 11.4 Å². The van der Waals surface area contributed by atoms with Gasteiger partial charge in [-0.15, -0.1) is 0 Å². The maximum Gasteiger partial charge on any atom is 0.123 e. The fraction of sp³-hybridized carbons (Fsp3) is 0.278. The first-order chi connectivity index (χ1) is 10.6. The smallest absolute Gasteiger partial charge is 0.123 e. The van der Waals surface area contributed by atoms with Gasteiger partial charge in [0.15, 0.2) is 0 Å².